The molecule has 4 rings (SSSR count). The lowest BCUT2D eigenvalue weighted by atomic mass is 9.90. The number of aromatic nitrogens is 4. The van der Waals surface area contributed by atoms with Crippen LogP contribution in [0, 0.1) is 0 Å². The Morgan fingerprint density at radius 3 is 1.78 bits per heavy atom. The zero-order chi connectivity index (χ0) is 12.3. The molecule has 2 heterocycles. The van der Waals surface area contributed by atoms with Gasteiger partial charge in [-0.25, -0.2) is 9.97 Å². The van der Waals surface area contributed by atoms with Gasteiger partial charge in [0, 0.05) is 11.8 Å². The zero-order valence-electron chi connectivity index (χ0n) is 9.41. The van der Waals surface area contributed by atoms with Crippen molar-refractivity contribution < 1.29 is 0 Å². The van der Waals surface area contributed by atoms with Gasteiger partial charge in [-0.05, 0) is 0 Å². The minimum atomic E-state index is 0.161. The predicted octanol–water partition coefficient (Wildman–Crippen LogP) is 0.891. The van der Waals surface area contributed by atoms with E-state index in [0.29, 0.717) is 5.65 Å². The summed E-state index contributed by atoms with van der Waals surface area (Å²) in [6, 6.07) is 0. The van der Waals surface area contributed by atoms with Crippen LogP contribution in [-0.4, -0.2) is 19.9 Å². The Balaban J connectivity index is 2.15. The number of rotatable bonds is 0. The number of nitrogens with two attached hydrogens (primary N) is 2. The molecule has 2 unspecified atom stereocenters. The fourth-order valence-electron chi connectivity index (χ4n) is 2.73. The Hall–Kier alpha value is -2.50. The molecule has 18 heavy (non-hydrogen) atoms. The molecule has 2 aromatic rings. The standard InChI is InChI=1S/C12H10N6/c13-11-15-8-5-3-1-2-4-6(5)9-7(8)10(17-11)18-12(14)16-9/h1-6H,(H4,13,14,15,16,17,18). The van der Waals surface area contributed by atoms with E-state index in [-0.39, 0.29) is 23.7 Å². The molecule has 0 amide bonds. The maximum atomic E-state index is 5.73. The number of fused-ring (bicyclic) bond motifs is 3. The molecule has 88 valence electrons. The summed E-state index contributed by atoms with van der Waals surface area (Å²) in [6.45, 7) is 0. The monoisotopic (exact) mass is 238 g/mol. The topological polar surface area (TPSA) is 104 Å². The largest absolute Gasteiger partial charge is 0.368 e. The van der Waals surface area contributed by atoms with Crippen LogP contribution in [0.15, 0.2) is 24.3 Å². The van der Waals surface area contributed by atoms with Crippen molar-refractivity contribution >= 4 is 22.9 Å². The fraction of sp³-hybridized carbons (Fsp3) is 0.167. The van der Waals surface area contributed by atoms with Crippen molar-refractivity contribution in [2.24, 2.45) is 0 Å². The van der Waals surface area contributed by atoms with Crippen molar-refractivity contribution in [3.63, 3.8) is 0 Å². The van der Waals surface area contributed by atoms with Crippen LogP contribution < -0.4 is 11.5 Å². The summed E-state index contributed by atoms with van der Waals surface area (Å²) in [5.41, 5.74) is 13.8. The fourth-order valence-corrected chi connectivity index (χ4v) is 2.73. The van der Waals surface area contributed by atoms with Gasteiger partial charge in [0.2, 0.25) is 11.9 Å². The Morgan fingerprint density at radius 2 is 1.28 bits per heavy atom. The molecule has 0 spiro atoms. The third kappa shape index (κ3) is 1.07. The van der Waals surface area contributed by atoms with Crippen molar-refractivity contribution in [2.75, 3.05) is 11.5 Å². The van der Waals surface area contributed by atoms with Crippen molar-refractivity contribution in [2.45, 2.75) is 11.8 Å². The Morgan fingerprint density at radius 1 is 0.778 bits per heavy atom. The molecule has 0 aromatic carbocycles. The van der Waals surface area contributed by atoms with Gasteiger partial charge in [-0.2, -0.15) is 9.97 Å². The number of anilines is 2. The third-order valence-corrected chi connectivity index (χ3v) is 3.41. The van der Waals surface area contributed by atoms with Gasteiger partial charge in [0.25, 0.3) is 0 Å². The van der Waals surface area contributed by atoms with Crippen LogP contribution in [0.2, 0.25) is 0 Å². The first-order valence-electron chi connectivity index (χ1n) is 5.69. The van der Waals surface area contributed by atoms with E-state index in [1.807, 2.05) is 12.2 Å². The molecule has 0 bridgehead atoms. The summed E-state index contributed by atoms with van der Waals surface area (Å²) < 4.78 is 0. The minimum Gasteiger partial charge on any atom is -0.368 e. The van der Waals surface area contributed by atoms with Gasteiger partial charge in [-0.3, -0.25) is 0 Å². The minimum absolute atomic E-state index is 0.161. The lowest BCUT2D eigenvalue weighted by Crippen LogP contribution is -2.05. The number of allylic oxidation sites excluding steroid dienone is 4. The summed E-state index contributed by atoms with van der Waals surface area (Å²) in [5, 5.41) is 0.893. The maximum Gasteiger partial charge on any atom is 0.222 e. The highest BCUT2D eigenvalue weighted by atomic mass is 15.1. The SMILES string of the molecule is Nc1nc2c3c(nc(N)nc3n1)C1C=CC=CC21. The van der Waals surface area contributed by atoms with E-state index in [0.717, 1.165) is 16.8 Å². The number of nitrogens with zero attached hydrogens (tertiary/aromatic N) is 4. The summed E-state index contributed by atoms with van der Waals surface area (Å²) in [4.78, 5) is 17.0. The summed E-state index contributed by atoms with van der Waals surface area (Å²) >= 11 is 0. The van der Waals surface area contributed by atoms with Crippen LogP contribution in [-0.2, 0) is 0 Å². The summed E-state index contributed by atoms with van der Waals surface area (Å²) in [7, 11) is 0. The normalized spacial score (nSPS) is 23.6. The molecule has 2 aliphatic carbocycles. The second kappa shape index (κ2) is 3.04. The van der Waals surface area contributed by atoms with Gasteiger partial charge >= 0.3 is 0 Å². The highest BCUT2D eigenvalue weighted by Gasteiger charge is 2.36. The number of hydrogen-bond acceptors (Lipinski definition) is 6. The van der Waals surface area contributed by atoms with Crippen LogP contribution in [0.1, 0.15) is 23.2 Å². The van der Waals surface area contributed by atoms with E-state index in [4.69, 9.17) is 11.5 Å². The molecule has 0 fully saturated rings. The van der Waals surface area contributed by atoms with Crippen LogP contribution in [0.25, 0.3) is 11.0 Å². The quantitative estimate of drug-likeness (QED) is 0.706. The van der Waals surface area contributed by atoms with Gasteiger partial charge in [0.1, 0.15) is 0 Å². The molecule has 0 radical (unpaired) electrons. The molecule has 2 aromatic heterocycles. The third-order valence-electron chi connectivity index (χ3n) is 3.41. The number of nitrogen functional groups attached to an aromatic ring is 2. The Kier molecular flexibility index (Phi) is 1.61. The van der Waals surface area contributed by atoms with E-state index < -0.39 is 0 Å². The average Bonchev–Trinajstić information content (AvgIpc) is 2.65. The molecule has 2 atom stereocenters. The van der Waals surface area contributed by atoms with Crippen molar-refractivity contribution in [1.82, 2.24) is 19.9 Å². The molecule has 0 saturated carbocycles. The van der Waals surface area contributed by atoms with E-state index in [1.54, 1.807) is 0 Å². The number of hydrogen-bond donors (Lipinski definition) is 2. The first kappa shape index (κ1) is 9.52. The van der Waals surface area contributed by atoms with Crippen LogP contribution in [0.4, 0.5) is 11.9 Å². The highest BCUT2D eigenvalue weighted by Crippen LogP contribution is 2.47. The van der Waals surface area contributed by atoms with E-state index in [9.17, 15) is 0 Å². The van der Waals surface area contributed by atoms with Crippen LogP contribution in [0.5, 0.6) is 0 Å². The van der Waals surface area contributed by atoms with E-state index in [1.165, 1.54) is 0 Å². The molecular weight excluding hydrogens is 228 g/mol. The van der Waals surface area contributed by atoms with Crippen molar-refractivity contribution in [3.05, 3.63) is 35.7 Å². The maximum absolute atomic E-state index is 5.73. The van der Waals surface area contributed by atoms with Gasteiger partial charge in [-0.15, -0.1) is 0 Å². The summed E-state index contributed by atoms with van der Waals surface area (Å²) in [5.74, 6) is 0.776. The van der Waals surface area contributed by atoms with Gasteiger partial charge < -0.3 is 11.5 Å². The molecule has 6 heteroatoms. The van der Waals surface area contributed by atoms with Crippen molar-refractivity contribution in [1.29, 1.82) is 0 Å². The Labute approximate surface area is 102 Å². The predicted molar refractivity (Wildman–Crippen MR) is 67.7 cm³/mol. The lowest BCUT2D eigenvalue weighted by Gasteiger charge is -2.15. The molecule has 0 aliphatic heterocycles. The van der Waals surface area contributed by atoms with Crippen molar-refractivity contribution in [3.8, 4) is 0 Å². The van der Waals surface area contributed by atoms with Crippen LogP contribution >= 0.6 is 0 Å². The van der Waals surface area contributed by atoms with Gasteiger partial charge in [-0.1, -0.05) is 24.3 Å². The first-order valence-corrected chi connectivity index (χ1v) is 5.69. The van der Waals surface area contributed by atoms with Crippen LogP contribution in [0.3, 0.4) is 0 Å². The zero-order valence-corrected chi connectivity index (χ0v) is 9.41. The molecule has 4 N–H and O–H groups in total. The second-order valence-electron chi connectivity index (χ2n) is 4.45. The average molecular weight is 238 g/mol. The lowest BCUT2D eigenvalue weighted by molar-refractivity contribution is 0.733. The van der Waals surface area contributed by atoms with Gasteiger partial charge in [0.05, 0.1) is 16.8 Å². The van der Waals surface area contributed by atoms with E-state index in [2.05, 4.69) is 32.1 Å². The highest BCUT2D eigenvalue weighted by molar-refractivity contribution is 5.86. The smallest absolute Gasteiger partial charge is 0.222 e. The molecular formula is C12H10N6. The molecule has 2 aliphatic rings. The van der Waals surface area contributed by atoms with E-state index >= 15 is 0 Å². The first-order chi connectivity index (χ1) is 8.74. The molecule has 0 saturated heterocycles. The molecule has 6 nitrogen and oxygen atoms in total. The van der Waals surface area contributed by atoms with Gasteiger partial charge in [0.15, 0.2) is 5.65 Å². The second-order valence-corrected chi connectivity index (χ2v) is 4.45. The summed E-state index contributed by atoms with van der Waals surface area (Å²) in [6.07, 6.45) is 8.22. The Bertz CT molecular complexity index is 674.